The number of esters is 1. The molecule has 1 saturated heterocycles. The minimum Gasteiger partial charge on any atom is -0.465 e. The number of carbonyl (C=O) groups excluding carboxylic acids is 2. The Labute approximate surface area is 196 Å². The molecule has 0 radical (unpaired) electrons. The molecule has 3 N–H and O–H groups in total. The molecule has 3 heterocycles. The lowest BCUT2D eigenvalue weighted by Crippen LogP contribution is -2.32. The molecule has 5 rings (SSSR count). The molecule has 1 aromatic heterocycles. The van der Waals surface area contributed by atoms with Crippen LogP contribution in [0.15, 0.2) is 60.0 Å². The Bertz CT molecular complexity index is 1280. The van der Waals surface area contributed by atoms with Gasteiger partial charge in [0, 0.05) is 35.1 Å². The number of carboxylic acid groups (broad SMARTS) is 1. The zero-order valence-electron chi connectivity index (χ0n) is 18.8. The Morgan fingerprint density at radius 2 is 2.09 bits per heavy atom. The van der Waals surface area contributed by atoms with Crippen molar-refractivity contribution in [1.82, 2.24) is 4.98 Å². The Morgan fingerprint density at radius 1 is 1.26 bits per heavy atom. The van der Waals surface area contributed by atoms with Gasteiger partial charge in [-0.25, -0.2) is 9.78 Å². The Hall–Kier alpha value is -4.14. The number of nitrogens with one attached hydrogen (secondary N) is 2. The SMILES string of the molecule is CC1(C)CN(C(=O)O)c2cc(NC(=O)c3cccnc3NC3=C4COC(=O)C4CC=C3)ccc21. The monoisotopic (exact) mass is 460 g/mol. The van der Waals surface area contributed by atoms with Gasteiger partial charge >= 0.3 is 12.1 Å². The number of ether oxygens (including phenoxy) is 1. The molecule has 174 valence electrons. The van der Waals surface area contributed by atoms with Crippen molar-refractivity contribution in [2.75, 3.05) is 28.7 Å². The first-order chi connectivity index (χ1) is 16.2. The number of rotatable bonds is 4. The van der Waals surface area contributed by atoms with E-state index in [9.17, 15) is 19.5 Å². The predicted molar refractivity (Wildman–Crippen MR) is 126 cm³/mol. The van der Waals surface area contributed by atoms with Crippen LogP contribution in [0.5, 0.6) is 0 Å². The molecular formula is C25H24N4O5. The van der Waals surface area contributed by atoms with Crippen LogP contribution in [-0.2, 0) is 14.9 Å². The number of benzene rings is 1. The fraction of sp³-hybridized carbons (Fsp3) is 0.280. The quantitative estimate of drug-likeness (QED) is 0.592. The summed E-state index contributed by atoms with van der Waals surface area (Å²) in [5.74, 6) is -0.592. The second-order valence-corrected chi connectivity index (χ2v) is 9.20. The van der Waals surface area contributed by atoms with Gasteiger partial charge in [0.05, 0.1) is 17.2 Å². The van der Waals surface area contributed by atoms with Crippen LogP contribution in [0.3, 0.4) is 0 Å². The third-order valence-electron chi connectivity index (χ3n) is 6.44. The smallest absolute Gasteiger partial charge is 0.411 e. The lowest BCUT2D eigenvalue weighted by atomic mass is 9.87. The topological polar surface area (TPSA) is 121 Å². The highest BCUT2D eigenvalue weighted by atomic mass is 16.5. The molecule has 1 aromatic carbocycles. The summed E-state index contributed by atoms with van der Waals surface area (Å²) in [5, 5.41) is 15.6. The fourth-order valence-electron chi connectivity index (χ4n) is 4.70. The molecule has 9 heteroatoms. The third kappa shape index (κ3) is 3.68. The highest BCUT2D eigenvalue weighted by molar-refractivity contribution is 6.08. The van der Waals surface area contributed by atoms with Gasteiger partial charge in [0.25, 0.3) is 5.91 Å². The van der Waals surface area contributed by atoms with Crippen LogP contribution >= 0.6 is 0 Å². The number of pyridine rings is 1. The van der Waals surface area contributed by atoms with Crippen molar-refractivity contribution in [2.45, 2.75) is 25.7 Å². The zero-order valence-corrected chi connectivity index (χ0v) is 18.8. The number of carbonyl (C=O) groups is 3. The normalized spacial score (nSPS) is 20.0. The van der Waals surface area contributed by atoms with Gasteiger partial charge in [0.1, 0.15) is 12.4 Å². The van der Waals surface area contributed by atoms with Gasteiger partial charge in [0.15, 0.2) is 0 Å². The molecule has 0 spiro atoms. The van der Waals surface area contributed by atoms with E-state index in [1.807, 2.05) is 32.1 Å². The Balaban J connectivity index is 1.41. The number of cyclic esters (lactones) is 1. The molecule has 2 aliphatic heterocycles. The van der Waals surface area contributed by atoms with Gasteiger partial charge in [-0.3, -0.25) is 14.5 Å². The first kappa shape index (κ1) is 21.7. The van der Waals surface area contributed by atoms with Crippen LogP contribution in [-0.4, -0.2) is 41.2 Å². The maximum absolute atomic E-state index is 13.2. The second kappa shape index (κ2) is 8.02. The molecular weight excluding hydrogens is 436 g/mol. The molecule has 1 atom stereocenters. The summed E-state index contributed by atoms with van der Waals surface area (Å²) in [6, 6.07) is 8.62. The number of aromatic nitrogens is 1. The summed E-state index contributed by atoms with van der Waals surface area (Å²) >= 11 is 0. The molecule has 2 aromatic rings. The Kier molecular flexibility index (Phi) is 5.11. The largest absolute Gasteiger partial charge is 0.465 e. The van der Waals surface area contributed by atoms with Crippen molar-refractivity contribution < 1.29 is 24.2 Å². The molecule has 1 fully saturated rings. The molecule has 0 bridgehead atoms. The number of hydrogen-bond donors (Lipinski definition) is 3. The van der Waals surface area contributed by atoms with Crippen LogP contribution in [0.2, 0.25) is 0 Å². The van der Waals surface area contributed by atoms with Crippen molar-refractivity contribution in [3.63, 3.8) is 0 Å². The van der Waals surface area contributed by atoms with E-state index in [0.29, 0.717) is 41.4 Å². The number of hydrogen-bond acceptors (Lipinski definition) is 6. The summed E-state index contributed by atoms with van der Waals surface area (Å²) in [6.07, 6.45) is 4.90. The van der Waals surface area contributed by atoms with Crippen LogP contribution in [0, 0.1) is 5.92 Å². The van der Waals surface area contributed by atoms with E-state index in [-0.39, 0.29) is 23.9 Å². The van der Waals surface area contributed by atoms with Crippen molar-refractivity contribution in [2.24, 2.45) is 5.92 Å². The molecule has 3 aliphatic rings. The van der Waals surface area contributed by atoms with Gasteiger partial charge in [0.2, 0.25) is 0 Å². The first-order valence-electron chi connectivity index (χ1n) is 11.0. The molecule has 34 heavy (non-hydrogen) atoms. The van der Waals surface area contributed by atoms with Crippen molar-refractivity contribution in [1.29, 1.82) is 0 Å². The number of anilines is 3. The fourth-order valence-corrected chi connectivity index (χ4v) is 4.70. The minimum absolute atomic E-state index is 0.218. The number of amides is 2. The lowest BCUT2D eigenvalue weighted by molar-refractivity contribution is -0.141. The molecule has 0 saturated carbocycles. The standard InChI is InChI=1S/C25H24N4O5/c1-25(2)13-29(24(32)33)20-11-14(8-9-18(20)25)27-22(30)16-6-4-10-26-21(16)28-19-7-3-5-15-17(19)12-34-23(15)31/h3-4,6-11,15H,5,12-13H2,1-2H3,(H,26,28)(H,27,30)(H,32,33). The van der Waals surface area contributed by atoms with Crippen LogP contribution in [0.4, 0.5) is 22.0 Å². The molecule has 9 nitrogen and oxygen atoms in total. The summed E-state index contributed by atoms with van der Waals surface area (Å²) in [7, 11) is 0. The van der Waals surface area contributed by atoms with E-state index < -0.39 is 12.0 Å². The Morgan fingerprint density at radius 3 is 2.88 bits per heavy atom. The van der Waals surface area contributed by atoms with Gasteiger partial charge in [-0.1, -0.05) is 26.0 Å². The van der Waals surface area contributed by atoms with E-state index in [2.05, 4.69) is 15.6 Å². The van der Waals surface area contributed by atoms with E-state index >= 15 is 0 Å². The minimum atomic E-state index is -1.03. The van der Waals surface area contributed by atoms with Crippen molar-refractivity contribution in [3.8, 4) is 0 Å². The average Bonchev–Trinajstić information content (AvgIpc) is 3.31. The highest BCUT2D eigenvalue weighted by Gasteiger charge is 2.38. The first-order valence-corrected chi connectivity index (χ1v) is 11.0. The van der Waals surface area contributed by atoms with E-state index in [1.54, 1.807) is 30.5 Å². The van der Waals surface area contributed by atoms with Crippen LogP contribution in [0.25, 0.3) is 0 Å². The molecule has 2 amide bonds. The summed E-state index contributed by atoms with van der Waals surface area (Å²) in [5.41, 5.74) is 3.51. The lowest BCUT2D eigenvalue weighted by Gasteiger charge is -2.18. The molecule has 1 unspecified atom stereocenters. The highest BCUT2D eigenvalue weighted by Crippen LogP contribution is 2.42. The van der Waals surface area contributed by atoms with E-state index in [4.69, 9.17) is 4.74 Å². The van der Waals surface area contributed by atoms with Gasteiger partial charge in [-0.15, -0.1) is 0 Å². The number of nitrogens with zero attached hydrogens (tertiary/aromatic N) is 2. The summed E-state index contributed by atoms with van der Waals surface area (Å²) in [6.45, 7) is 4.55. The van der Waals surface area contributed by atoms with E-state index in [1.165, 1.54) is 4.90 Å². The third-order valence-corrected chi connectivity index (χ3v) is 6.44. The van der Waals surface area contributed by atoms with Crippen molar-refractivity contribution >= 4 is 35.2 Å². The average molecular weight is 460 g/mol. The number of allylic oxidation sites excluding steroid dienone is 2. The maximum Gasteiger partial charge on any atom is 0.411 e. The second-order valence-electron chi connectivity index (χ2n) is 9.20. The van der Waals surface area contributed by atoms with Gasteiger partial charge in [-0.05, 0) is 42.3 Å². The zero-order chi connectivity index (χ0) is 24.0. The summed E-state index contributed by atoms with van der Waals surface area (Å²) in [4.78, 5) is 42.4. The van der Waals surface area contributed by atoms with E-state index in [0.717, 1.165) is 11.1 Å². The van der Waals surface area contributed by atoms with Gasteiger partial charge < -0.3 is 20.5 Å². The molecule has 1 aliphatic carbocycles. The maximum atomic E-state index is 13.2. The van der Waals surface area contributed by atoms with Crippen LogP contribution in [0.1, 0.15) is 36.2 Å². The van der Waals surface area contributed by atoms with Crippen molar-refractivity contribution in [3.05, 3.63) is 71.1 Å². The summed E-state index contributed by atoms with van der Waals surface area (Å²) < 4.78 is 5.18. The predicted octanol–water partition coefficient (Wildman–Crippen LogP) is 3.91. The number of fused-ring (bicyclic) bond motifs is 2. The van der Waals surface area contributed by atoms with Gasteiger partial charge in [-0.2, -0.15) is 0 Å². The van der Waals surface area contributed by atoms with Crippen LogP contribution < -0.4 is 15.5 Å².